The molecule has 0 aromatic heterocycles. The average Bonchev–Trinajstić information content (AvgIpc) is 2.87. The van der Waals surface area contributed by atoms with E-state index in [1.54, 1.807) is 30.0 Å². The summed E-state index contributed by atoms with van der Waals surface area (Å²) in [6.07, 6.45) is -0.427. The van der Waals surface area contributed by atoms with Gasteiger partial charge in [0.1, 0.15) is 5.56 Å². The summed E-state index contributed by atoms with van der Waals surface area (Å²) in [4.78, 5) is 52.1. The number of nitrogens with zero attached hydrogens (tertiary/aromatic N) is 3. The number of anilines is 1. The molecule has 0 bridgehead atoms. The van der Waals surface area contributed by atoms with Gasteiger partial charge in [-0.05, 0) is 19.1 Å². The molecular formula is C23H26N4O8. The van der Waals surface area contributed by atoms with Crippen molar-refractivity contribution in [3.05, 3.63) is 57.6 Å². The lowest BCUT2D eigenvalue weighted by Gasteiger charge is -2.34. The smallest absolute Gasteiger partial charge is 0.409 e. The van der Waals surface area contributed by atoms with E-state index >= 15 is 0 Å². The van der Waals surface area contributed by atoms with Gasteiger partial charge in [0, 0.05) is 32.2 Å². The molecule has 3 amide bonds. The average molecular weight is 486 g/mol. The van der Waals surface area contributed by atoms with Crippen molar-refractivity contribution in [1.82, 2.24) is 9.80 Å². The highest BCUT2D eigenvalue weighted by Crippen LogP contribution is 2.35. The molecule has 1 fully saturated rings. The van der Waals surface area contributed by atoms with Gasteiger partial charge >= 0.3 is 6.09 Å². The number of nitrogens with one attached hydrogen (secondary N) is 1. The van der Waals surface area contributed by atoms with Crippen molar-refractivity contribution >= 4 is 29.3 Å². The van der Waals surface area contributed by atoms with E-state index in [2.05, 4.69) is 5.32 Å². The molecule has 0 radical (unpaired) electrons. The summed E-state index contributed by atoms with van der Waals surface area (Å²) in [6, 6.07) is 8.69. The van der Waals surface area contributed by atoms with E-state index in [4.69, 9.17) is 14.2 Å². The van der Waals surface area contributed by atoms with E-state index in [-0.39, 0.29) is 40.8 Å². The van der Waals surface area contributed by atoms with Crippen LogP contribution in [0.4, 0.5) is 16.2 Å². The van der Waals surface area contributed by atoms with Crippen molar-refractivity contribution in [2.75, 3.05) is 52.3 Å². The molecule has 1 saturated heterocycles. The minimum Gasteiger partial charge on any atom is -0.493 e. The van der Waals surface area contributed by atoms with Crippen LogP contribution in [-0.4, -0.2) is 79.6 Å². The van der Waals surface area contributed by atoms with Crippen molar-refractivity contribution < 1.29 is 33.5 Å². The Morgan fingerprint density at radius 1 is 0.971 bits per heavy atom. The van der Waals surface area contributed by atoms with Gasteiger partial charge in [-0.25, -0.2) is 4.79 Å². The van der Waals surface area contributed by atoms with Gasteiger partial charge in [-0.2, -0.15) is 0 Å². The zero-order valence-corrected chi connectivity index (χ0v) is 19.6. The van der Waals surface area contributed by atoms with Crippen LogP contribution in [0, 0.1) is 10.1 Å². The summed E-state index contributed by atoms with van der Waals surface area (Å²) >= 11 is 0. The lowest BCUT2D eigenvalue weighted by molar-refractivity contribution is -0.385. The van der Waals surface area contributed by atoms with E-state index < -0.39 is 22.6 Å². The Morgan fingerprint density at radius 2 is 1.57 bits per heavy atom. The summed E-state index contributed by atoms with van der Waals surface area (Å²) in [6.45, 7) is 3.21. The molecule has 186 valence electrons. The Balaban J connectivity index is 1.82. The third kappa shape index (κ3) is 5.60. The van der Waals surface area contributed by atoms with Crippen molar-refractivity contribution in [3.63, 3.8) is 0 Å². The molecule has 3 rings (SSSR count). The van der Waals surface area contributed by atoms with Gasteiger partial charge in [-0.15, -0.1) is 0 Å². The molecule has 2 aromatic carbocycles. The van der Waals surface area contributed by atoms with Crippen LogP contribution in [0.25, 0.3) is 0 Å². The second-order valence-electron chi connectivity index (χ2n) is 7.46. The molecule has 0 aliphatic carbocycles. The Kier molecular flexibility index (Phi) is 8.08. The number of piperazine rings is 1. The SMILES string of the molecule is CCOC(=O)N1CCN(C(=O)c2ccccc2NC(=O)c2cc(OC)c(OC)cc2[N+](=O)[O-])CC1. The van der Waals surface area contributed by atoms with E-state index in [0.29, 0.717) is 26.2 Å². The highest BCUT2D eigenvalue weighted by atomic mass is 16.6. The molecule has 1 aliphatic heterocycles. The Labute approximate surface area is 201 Å². The summed E-state index contributed by atoms with van der Waals surface area (Å²) in [5.41, 5.74) is -0.315. The van der Waals surface area contributed by atoms with Crippen molar-refractivity contribution in [3.8, 4) is 11.5 Å². The monoisotopic (exact) mass is 486 g/mol. The molecule has 0 atom stereocenters. The minimum atomic E-state index is -0.787. The van der Waals surface area contributed by atoms with E-state index in [0.717, 1.165) is 6.07 Å². The van der Waals surface area contributed by atoms with Crippen molar-refractivity contribution in [1.29, 1.82) is 0 Å². The van der Waals surface area contributed by atoms with Gasteiger partial charge in [0.25, 0.3) is 17.5 Å². The Hall–Kier alpha value is -4.35. The van der Waals surface area contributed by atoms with Crippen LogP contribution in [0.15, 0.2) is 36.4 Å². The minimum absolute atomic E-state index is 0.105. The maximum absolute atomic E-state index is 13.2. The maximum Gasteiger partial charge on any atom is 0.409 e. The molecule has 2 aromatic rings. The molecule has 1 N–H and O–H groups in total. The third-order valence-corrected chi connectivity index (χ3v) is 5.44. The number of nitro benzene ring substituents is 1. The first-order chi connectivity index (χ1) is 16.8. The maximum atomic E-state index is 13.2. The number of carbonyl (C=O) groups excluding carboxylic acids is 3. The molecule has 0 unspecified atom stereocenters. The number of rotatable bonds is 7. The van der Waals surface area contributed by atoms with Crippen LogP contribution < -0.4 is 14.8 Å². The number of carbonyl (C=O) groups is 3. The topological polar surface area (TPSA) is 141 Å². The zero-order valence-electron chi connectivity index (χ0n) is 19.6. The second kappa shape index (κ2) is 11.2. The fourth-order valence-electron chi connectivity index (χ4n) is 3.65. The van der Waals surface area contributed by atoms with Gasteiger partial charge in [-0.3, -0.25) is 19.7 Å². The first kappa shape index (κ1) is 25.3. The normalized spacial score (nSPS) is 13.1. The highest BCUT2D eigenvalue weighted by Gasteiger charge is 2.28. The molecule has 12 heteroatoms. The number of ether oxygens (including phenoxy) is 3. The third-order valence-electron chi connectivity index (χ3n) is 5.44. The lowest BCUT2D eigenvalue weighted by Crippen LogP contribution is -2.50. The number of hydrogen-bond donors (Lipinski definition) is 1. The van der Waals surface area contributed by atoms with E-state index in [9.17, 15) is 24.5 Å². The largest absolute Gasteiger partial charge is 0.493 e. The number of benzene rings is 2. The fourth-order valence-corrected chi connectivity index (χ4v) is 3.65. The summed E-state index contributed by atoms with van der Waals surface area (Å²) in [5, 5.41) is 14.2. The number of methoxy groups -OCH3 is 2. The number of amides is 3. The molecule has 0 spiro atoms. The van der Waals surface area contributed by atoms with Crippen LogP contribution in [0.5, 0.6) is 11.5 Å². The van der Waals surface area contributed by atoms with Gasteiger partial charge in [0.2, 0.25) is 0 Å². The van der Waals surface area contributed by atoms with Crippen LogP contribution in [-0.2, 0) is 4.74 Å². The van der Waals surface area contributed by atoms with Crippen LogP contribution >= 0.6 is 0 Å². The molecular weight excluding hydrogens is 460 g/mol. The number of hydrogen-bond acceptors (Lipinski definition) is 8. The van der Waals surface area contributed by atoms with Crippen LogP contribution in [0.2, 0.25) is 0 Å². The summed E-state index contributed by atoms with van der Waals surface area (Å²) in [5.74, 6) is -0.878. The van der Waals surface area contributed by atoms with E-state index in [1.807, 2.05) is 0 Å². The van der Waals surface area contributed by atoms with Crippen LogP contribution in [0.3, 0.4) is 0 Å². The molecule has 1 heterocycles. The second-order valence-corrected chi connectivity index (χ2v) is 7.46. The Morgan fingerprint density at radius 3 is 2.17 bits per heavy atom. The predicted molar refractivity (Wildman–Crippen MR) is 125 cm³/mol. The van der Waals surface area contributed by atoms with Gasteiger partial charge in [-0.1, -0.05) is 12.1 Å². The first-order valence-corrected chi connectivity index (χ1v) is 10.8. The molecule has 12 nitrogen and oxygen atoms in total. The van der Waals surface area contributed by atoms with Gasteiger partial charge in [0.15, 0.2) is 11.5 Å². The zero-order chi connectivity index (χ0) is 25.5. The van der Waals surface area contributed by atoms with Crippen molar-refractivity contribution in [2.45, 2.75) is 6.92 Å². The fraction of sp³-hybridized carbons (Fsp3) is 0.348. The molecule has 0 saturated carbocycles. The van der Waals surface area contributed by atoms with Gasteiger partial charge in [0.05, 0.1) is 43.1 Å². The summed E-state index contributed by atoms with van der Waals surface area (Å²) in [7, 11) is 2.68. The predicted octanol–water partition coefficient (Wildman–Crippen LogP) is 2.78. The number of nitro groups is 1. The quantitative estimate of drug-likeness (QED) is 0.465. The number of para-hydroxylation sites is 1. The molecule has 1 aliphatic rings. The molecule has 35 heavy (non-hydrogen) atoms. The van der Waals surface area contributed by atoms with Crippen LogP contribution in [0.1, 0.15) is 27.6 Å². The standard InChI is InChI=1S/C23H26N4O8/c1-4-35-23(30)26-11-9-25(10-12-26)22(29)15-7-5-6-8-17(15)24-21(28)16-13-19(33-2)20(34-3)14-18(16)27(31)32/h5-8,13-14H,4,9-12H2,1-3H3,(H,24,28). The first-order valence-electron chi connectivity index (χ1n) is 10.8. The lowest BCUT2D eigenvalue weighted by atomic mass is 10.1. The Bertz CT molecular complexity index is 1130. The highest BCUT2D eigenvalue weighted by molar-refractivity contribution is 6.11. The van der Waals surface area contributed by atoms with Gasteiger partial charge < -0.3 is 29.3 Å². The van der Waals surface area contributed by atoms with E-state index in [1.165, 1.54) is 31.3 Å². The summed E-state index contributed by atoms with van der Waals surface area (Å²) < 4.78 is 15.3. The van der Waals surface area contributed by atoms with Crippen molar-refractivity contribution in [2.24, 2.45) is 0 Å².